The lowest BCUT2D eigenvalue weighted by Gasteiger charge is -2.27. The van der Waals surface area contributed by atoms with E-state index in [4.69, 9.17) is 13.9 Å². The summed E-state index contributed by atoms with van der Waals surface area (Å²) in [5.41, 5.74) is 2.11. The van der Waals surface area contributed by atoms with Crippen LogP contribution in [0.1, 0.15) is 23.8 Å². The van der Waals surface area contributed by atoms with Crippen molar-refractivity contribution in [3.8, 4) is 0 Å². The third kappa shape index (κ3) is 3.03. The highest BCUT2D eigenvalue weighted by Gasteiger charge is 2.34. The number of carbonyl (C=O) groups is 1. The van der Waals surface area contributed by atoms with Crippen molar-refractivity contribution in [1.29, 1.82) is 0 Å². The number of ether oxygens (including phenoxy) is 2. The average Bonchev–Trinajstić information content (AvgIpc) is 3.08. The van der Waals surface area contributed by atoms with Crippen LogP contribution in [0.2, 0.25) is 0 Å². The molecule has 0 fully saturated rings. The van der Waals surface area contributed by atoms with E-state index in [1.54, 1.807) is 24.4 Å². The van der Waals surface area contributed by atoms with Crippen molar-refractivity contribution in [3.63, 3.8) is 0 Å². The molecule has 0 aliphatic carbocycles. The van der Waals surface area contributed by atoms with Gasteiger partial charge in [-0.15, -0.1) is 0 Å². The van der Waals surface area contributed by atoms with E-state index in [0.717, 1.165) is 11.1 Å². The lowest BCUT2D eigenvalue weighted by molar-refractivity contribution is -0.138. The molecule has 124 valence electrons. The number of benzene rings is 1. The highest BCUT2D eigenvalue weighted by Crippen LogP contribution is 2.34. The van der Waals surface area contributed by atoms with Crippen LogP contribution in [0, 0.1) is 0 Å². The van der Waals surface area contributed by atoms with Crippen LogP contribution in [0.25, 0.3) is 5.76 Å². The van der Waals surface area contributed by atoms with Gasteiger partial charge in [-0.05, 0) is 18.6 Å². The van der Waals surface area contributed by atoms with E-state index in [1.165, 1.54) is 7.11 Å². The second-order valence-corrected chi connectivity index (χ2v) is 5.15. The number of nitrogens with zero attached hydrogens (tertiary/aromatic N) is 2. The maximum Gasteiger partial charge on any atom is 0.360 e. The highest BCUT2D eigenvalue weighted by molar-refractivity contribution is 5.96. The van der Waals surface area contributed by atoms with Gasteiger partial charge in [0, 0.05) is 11.8 Å². The number of rotatable bonds is 5. The van der Waals surface area contributed by atoms with Gasteiger partial charge in [-0.2, -0.15) is 5.10 Å². The molecule has 0 spiro atoms. The maximum absolute atomic E-state index is 12.3. The molecule has 1 aliphatic rings. The third-order valence-corrected chi connectivity index (χ3v) is 3.61. The van der Waals surface area contributed by atoms with E-state index in [0.29, 0.717) is 24.7 Å². The minimum atomic E-state index is -0.522. The van der Waals surface area contributed by atoms with Gasteiger partial charge in [0.2, 0.25) is 0 Å². The van der Waals surface area contributed by atoms with E-state index >= 15 is 0 Å². The van der Waals surface area contributed by atoms with Gasteiger partial charge in [-0.3, -0.25) is 5.01 Å². The van der Waals surface area contributed by atoms with Crippen molar-refractivity contribution in [1.82, 2.24) is 5.01 Å². The molecule has 0 saturated carbocycles. The second-order valence-electron chi connectivity index (χ2n) is 5.15. The molecule has 1 aliphatic heterocycles. The van der Waals surface area contributed by atoms with Crippen molar-refractivity contribution >= 4 is 17.9 Å². The standard InChI is InChI=1S/C18H18N2O4/c1-3-19-20-11-14-9-10-23-16(14)17(15(20)18(21)22-2)24-12-13-7-5-4-6-8-13/h3-10H,11-12H2,1-2H3/b19-3-. The minimum Gasteiger partial charge on any atom is -0.483 e. The molecule has 0 amide bonds. The molecule has 0 atom stereocenters. The Morgan fingerprint density at radius 3 is 2.83 bits per heavy atom. The molecule has 0 saturated heterocycles. The summed E-state index contributed by atoms with van der Waals surface area (Å²) in [6.07, 6.45) is 3.19. The van der Waals surface area contributed by atoms with Gasteiger partial charge in [0.1, 0.15) is 6.61 Å². The molecule has 1 aromatic heterocycles. The van der Waals surface area contributed by atoms with Crippen LogP contribution in [0.15, 0.2) is 57.9 Å². The summed E-state index contributed by atoms with van der Waals surface area (Å²) >= 11 is 0. The molecule has 0 N–H and O–H groups in total. The fourth-order valence-corrected chi connectivity index (χ4v) is 2.52. The van der Waals surface area contributed by atoms with Crippen LogP contribution in [0.4, 0.5) is 0 Å². The van der Waals surface area contributed by atoms with Gasteiger partial charge in [0.15, 0.2) is 17.2 Å². The first-order chi connectivity index (χ1) is 11.7. The first-order valence-electron chi connectivity index (χ1n) is 7.56. The average molecular weight is 326 g/mol. The van der Waals surface area contributed by atoms with Gasteiger partial charge >= 0.3 is 5.97 Å². The van der Waals surface area contributed by atoms with Crippen molar-refractivity contribution in [2.45, 2.75) is 20.1 Å². The quantitative estimate of drug-likeness (QED) is 0.624. The summed E-state index contributed by atoms with van der Waals surface area (Å²) in [7, 11) is 1.33. The summed E-state index contributed by atoms with van der Waals surface area (Å²) in [6, 6.07) is 11.5. The molecular weight excluding hydrogens is 308 g/mol. The number of esters is 1. The third-order valence-electron chi connectivity index (χ3n) is 3.61. The zero-order chi connectivity index (χ0) is 16.9. The fraction of sp³-hybridized carbons (Fsp3) is 0.222. The van der Waals surface area contributed by atoms with Crippen LogP contribution in [-0.2, 0) is 27.4 Å². The molecule has 2 aromatic rings. The zero-order valence-electron chi connectivity index (χ0n) is 13.6. The summed E-state index contributed by atoms with van der Waals surface area (Å²) in [6.45, 7) is 2.50. The Hall–Kier alpha value is -3.02. The SMILES string of the molecule is C/C=N\N1Cc2ccoc2C(OCc2ccccc2)=C1C(=O)OC. The normalized spacial score (nSPS) is 14.0. The minimum absolute atomic E-state index is 0.231. The van der Waals surface area contributed by atoms with Crippen molar-refractivity contribution in [2.24, 2.45) is 5.10 Å². The van der Waals surface area contributed by atoms with Crippen molar-refractivity contribution < 1.29 is 18.7 Å². The van der Waals surface area contributed by atoms with Gasteiger partial charge in [0.05, 0.1) is 19.9 Å². The number of carbonyl (C=O) groups excluding carboxylic acids is 1. The molecule has 6 nitrogen and oxygen atoms in total. The largest absolute Gasteiger partial charge is 0.483 e. The number of hydrogen-bond acceptors (Lipinski definition) is 6. The Balaban J connectivity index is 2.01. The number of hydrazone groups is 1. The molecule has 0 radical (unpaired) electrons. The Morgan fingerprint density at radius 1 is 1.33 bits per heavy atom. The van der Waals surface area contributed by atoms with Gasteiger partial charge in [-0.1, -0.05) is 30.3 Å². The Bertz CT molecular complexity index is 777. The van der Waals surface area contributed by atoms with Gasteiger partial charge in [0.25, 0.3) is 0 Å². The van der Waals surface area contributed by atoms with Crippen LogP contribution in [0.3, 0.4) is 0 Å². The first kappa shape index (κ1) is 15.9. The number of methoxy groups -OCH3 is 1. The van der Waals surface area contributed by atoms with Crippen molar-refractivity contribution in [3.05, 3.63) is 65.2 Å². The summed E-state index contributed by atoms with van der Waals surface area (Å²) in [4.78, 5) is 12.3. The van der Waals surface area contributed by atoms with Crippen molar-refractivity contribution in [2.75, 3.05) is 7.11 Å². The smallest absolute Gasteiger partial charge is 0.360 e. The van der Waals surface area contributed by atoms with Crippen LogP contribution >= 0.6 is 0 Å². The number of hydrogen-bond donors (Lipinski definition) is 0. The zero-order valence-corrected chi connectivity index (χ0v) is 13.6. The number of furan rings is 1. The lowest BCUT2D eigenvalue weighted by atomic mass is 10.1. The fourth-order valence-electron chi connectivity index (χ4n) is 2.52. The lowest BCUT2D eigenvalue weighted by Crippen LogP contribution is -2.29. The summed E-state index contributed by atoms with van der Waals surface area (Å²) in [5.74, 6) is 0.349. The van der Waals surface area contributed by atoms with Crippen LogP contribution in [-0.4, -0.2) is 24.3 Å². The molecular formula is C18H18N2O4. The van der Waals surface area contributed by atoms with E-state index in [1.807, 2.05) is 36.4 Å². The van der Waals surface area contributed by atoms with E-state index in [2.05, 4.69) is 5.10 Å². The Morgan fingerprint density at radius 2 is 2.12 bits per heavy atom. The molecule has 6 heteroatoms. The predicted octanol–water partition coefficient (Wildman–Crippen LogP) is 3.16. The topological polar surface area (TPSA) is 64.3 Å². The van der Waals surface area contributed by atoms with Crippen LogP contribution in [0.5, 0.6) is 0 Å². The molecule has 3 rings (SSSR count). The van der Waals surface area contributed by atoms with Crippen LogP contribution < -0.4 is 0 Å². The predicted molar refractivity (Wildman–Crippen MR) is 88.6 cm³/mol. The Labute approximate surface area is 140 Å². The van der Waals surface area contributed by atoms with E-state index < -0.39 is 5.97 Å². The molecule has 0 bridgehead atoms. The Kier molecular flexibility index (Phi) is 4.65. The summed E-state index contributed by atoms with van der Waals surface area (Å²) < 4.78 is 16.4. The van der Waals surface area contributed by atoms with Gasteiger partial charge in [-0.25, -0.2) is 4.79 Å². The number of fused-ring (bicyclic) bond motifs is 1. The molecule has 1 aromatic carbocycles. The highest BCUT2D eigenvalue weighted by atomic mass is 16.5. The van der Waals surface area contributed by atoms with E-state index in [9.17, 15) is 4.79 Å². The molecule has 24 heavy (non-hydrogen) atoms. The van der Waals surface area contributed by atoms with E-state index in [-0.39, 0.29) is 5.70 Å². The summed E-state index contributed by atoms with van der Waals surface area (Å²) in [5, 5.41) is 5.81. The molecule has 2 heterocycles. The first-order valence-corrected chi connectivity index (χ1v) is 7.56. The maximum atomic E-state index is 12.3. The molecule has 0 unspecified atom stereocenters. The second kappa shape index (κ2) is 7.04. The van der Waals surface area contributed by atoms with Gasteiger partial charge < -0.3 is 13.9 Å². The monoisotopic (exact) mass is 326 g/mol.